The number of nitrogens with zero attached hydrogens (tertiary/aromatic N) is 5. The van der Waals surface area contributed by atoms with Crippen molar-refractivity contribution in [1.29, 1.82) is 0 Å². The zero-order valence-electron chi connectivity index (χ0n) is 13.6. The van der Waals surface area contributed by atoms with Gasteiger partial charge in [0.25, 0.3) is 5.91 Å². The van der Waals surface area contributed by atoms with Gasteiger partial charge in [0.2, 0.25) is 5.95 Å². The fourth-order valence-electron chi connectivity index (χ4n) is 2.25. The van der Waals surface area contributed by atoms with E-state index in [-0.39, 0.29) is 17.5 Å². The van der Waals surface area contributed by atoms with E-state index in [9.17, 15) is 4.79 Å². The molecule has 0 atom stereocenters. The van der Waals surface area contributed by atoms with Crippen molar-refractivity contribution in [1.82, 2.24) is 30.0 Å². The SMILES string of the molecule is Cc1csc(-c2cc(C(=O)NCc3cc(C)nn3C)nc(N)n2)n1. The Hall–Kier alpha value is -2.81. The van der Waals surface area contributed by atoms with Crippen LogP contribution in [0.15, 0.2) is 17.5 Å². The van der Waals surface area contributed by atoms with Crippen LogP contribution in [0.4, 0.5) is 5.95 Å². The van der Waals surface area contributed by atoms with Crippen LogP contribution in [0.25, 0.3) is 10.7 Å². The number of thiazole rings is 1. The quantitative estimate of drug-likeness (QED) is 0.742. The summed E-state index contributed by atoms with van der Waals surface area (Å²) < 4.78 is 1.73. The Kier molecular flexibility index (Phi) is 4.26. The minimum absolute atomic E-state index is 0.0434. The van der Waals surface area contributed by atoms with E-state index in [4.69, 9.17) is 5.73 Å². The molecular formula is C15H17N7OS. The smallest absolute Gasteiger partial charge is 0.270 e. The first-order chi connectivity index (χ1) is 11.4. The number of rotatable bonds is 4. The Bertz CT molecular complexity index is 899. The van der Waals surface area contributed by atoms with E-state index in [2.05, 4.69) is 25.4 Å². The second-order valence-electron chi connectivity index (χ2n) is 5.37. The molecule has 0 radical (unpaired) electrons. The third-order valence-corrected chi connectivity index (χ3v) is 4.33. The van der Waals surface area contributed by atoms with Crippen molar-refractivity contribution >= 4 is 23.2 Å². The summed E-state index contributed by atoms with van der Waals surface area (Å²) in [6.45, 7) is 4.15. The van der Waals surface area contributed by atoms with Crippen molar-refractivity contribution in [2.75, 3.05) is 5.73 Å². The van der Waals surface area contributed by atoms with Crippen LogP contribution in [0.5, 0.6) is 0 Å². The molecule has 0 saturated heterocycles. The zero-order valence-corrected chi connectivity index (χ0v) is 14.4. The summed E-state index contributed by atoms with van der Waals surface area (Å²) in [4.78, 5) is 24.9. The molecule has 9 heteroatoms. The summed E-state index contributed by atoms with van der Waals surface area (Å²) in [6, 6.07) is 3.51. The van der Waals surface area contributed by atoms with Crippen LogP contribution in [0, 0.1) is 13.8 Å². The van der Waals surface area contributed by atoms with Gasteiger partial charge in [0, 0.05) is 18.1 Å². The van der Waals surface area contributed by atoms with Gasteiger partial charge in [-0.1, -0.05) is 0 Å². The molecule has 3 rings (SSSR count). The van der Waals surface area contributed by atoms with Gasteiger partial charge in [0.05, 0.1) is 17.9 Å². The van der Waals surface area contributed by atoms with E-state index < -0.39 is 0 Å². The van der Waals surface area contributed by atoms with Crippen molar-refractivity contribution in [3.8, 4) is 10.7 Å². The first-order valence-electron chi connectivity index (χ1n) is 7.27. The molecule has 1 amide bonds. The van der Waals surface area contributed by atoms with Gasteiger partial charge < -0.3 is 11.1 Å². The molecule has 3 heterocycles. The molecule has 0 unspecified atom stereocenters. The van der Waals surface area contributed by atoms with Crippen molar-refractivity contribution in [3.63, 3.8) is 0 Å². The maximum Gasteiger partial charge on any atom is 0.270 e. The van der Waals surface area contributed by atoms with Gasteiger partial charge in [-0.05, 0) is 26.0 Å². The lowest BCUT2D eigenvalue weighted by Gasteiger charge is -2.06. The van der Waals surface area contributed by atoms with Gasteiger partial charge in [-0.3, -0.25) is 9.48 Å². The van der Waals surface area contributed by atoms with Gasteiger partial charge in [0.15, 0.2) is 0 Å². The van der Waals surface area contributed by atoms with Gasteiger partial charge in [-0.2, -0.15) is 5.10 Å². The number of amides is 1. The summed E-state index contributed by atoms with van der Waals surface area (Å²) >= 11 is 1.45. The Morgan fingerprint density at radius 2 is 2.04 bits per heavy atom. The molecule has 0 aliphatic rings. The minimum Gasteiger partial charge on any atom is -0.368 e. The lowest BCUT2D eigenvalue weighted by atomic mass is 10.3. The molecule has 0 fully saturated rings. The van der Waals surface area contributed by atoms with E-state index in [1.54, 1.807) is 10.7 Å². The highest BCUT2D eigenvalue weighted by molar-refractivity contribution is 7.13. The van der Waals surface area contributed by atoms with Gasteiger partial charge in [0.1, 0.15) is 16.4 Å². The highest BCUT2D eigenvalue weighted by atomic mass is 32.1. The number of hydrogen-bond acceptors (Lipinski definition) is 7. The second kappa shape index (κ2) is 6.36. The lowest BCUT2D eigenvalue weighted by molar-refractivity contribution is 0.0945. The number of nitrogen functional groups attached to an aromatic ring is 1. The van der Waals surface area contributed by atoms with Crippen molar-refractivity contribution in [2.24, 2.45) is 7.05 Å². The molecule has 0 spiro atoms. The molecule has 0 bridgehead atoms. The Labute approximate surface area is 142 Å². The average molecular weight is 343 g/mol. The molecular weight excluding hydrogens is 326 g/mol. The third-order valence-electron chi connectivity index (χ3n) is 3.34. The van der Waals surface area contributed by atoms with Crippen LogP contribution in [-0.2, 0) is 13.6 Å². The van der Waals surface area contributed by atoms with Crippen molar-refractivity contribution in [3.05, 3.63) is 40.3 Å². The molecule has 3 aromatic heterocycles. The van der Waals surface area contributed by atoms with Crippen LogP contribution in [0.2, 0.25) is 0 Å². The molecule has 124 valence electrons. The van der Waals surface area contributed by atoms with E-state index >= 15 is 0 Å². The number of carbonyl (C=O) groups is 1. The summed E-state index contributed by atoms with van der Waals surface area (Å²) in [5, 5.41) is 9.68. The Balaban J connectivity index is 1.79. The van der Waals surface area contributed by atoms with Crippen molar-refractivity contribution in [2.45, 2.75) is 20.4 Å². The molecule has 0 aliphatic heterocycles. The van der Waals surface area contributed by atoms with Crippen LogP contribution in [0.1, 0.15) is 27.6 Å². The molecule has 8 nitrogen and oxygen atoms in total. The predicted molar refractivity (Wildman–Crippen MR) is 91.4 cm³/mol. The summed E-state index contributed by atoms with van der Waals surface area (Å²) in [7, 11) is 1.83. The van der Waals surface area contributed by atoms with Gasteiger partial charge >= 0.3 is 0 Å². The van der Waals surface area contributed by atoms with E-state index in [1.165, 1.54) is 11.3 Å². The van der Waals surface area contributed by atoms with Crippen LogP contribution >= 0.6 is 11.3 Å². The fraction of sp³-hybridized carbons (Fsp3) is 0.267. The predicted octanol–water partition coefficient (Wildman–Crippen LogP) is 1.46. The largest absolute Gasteiger partial charge is 0.368 e. The first-order valence-corrected chi connectivity index (χ1v) is 8.15. The molecule has 24 heavy (non-hydrogen) atoms. The van der Waals surface area contributed by atoms with Gasteiger partial charge in [-0.15, -0.1) is 11.3 Å². The number of nitrogens with one attached hydrogen (secondary N) is 1. The number of aromatic nitrogens is 5. The summed E-state index contributed by atoms with van der Waals surface area (Å²) in [5.41, 5.74) is 9.18. The maximum absolute atomic E-state index is 12.4. The second-order valence-corrected chi connectivity index (χ2v) is 6.23. The number of nitrogens with two attached hydrogens (primary N) is 1. The minimum atomic E-state index is -0.322. The number of aryl methyl sites for hydroxylation is 3. The van der Waals surface area contributed by atoms with Crippen LogP contribution in [0.3, 0.4) is 0 Å². The van der Waals surface area contributed by atoms with Crippen LogP contribution < -0.4 is 11.1 Å². The van der Waals surface area contributed by atoms with Crippen LogP contribution in [-0.4, -0.2) is 30.6 Å². The maximum atomic E-state index is 12.4. The number of carbonyl (C=O) groups excluding carboxylic acids is 1. The fourth-order valence-corrected chi connectivity index (χ4v) is 3.01. The standard InChI is InChI=1S/C15H17N7OS/c1-8-4-10(22(3)21-8)6-17-13(23)11-5-12(20-15(16)19-11)14-18-9(2)7-24-14/h4-5,7H,6H2,1-3H3,(H,17,23)(H2,16,19,20). The highest BCUT2D eigenvalue weighted by Gasteiger charge is 2.14. The third kappa shape index (κ3) is 3.40. The highest BCUT2D eigenvalue weighted by Crippen LogP contribution is 2.22. The van der Waals surface area contributed by atoms with E-state index in [0.717, 1.165) is 17.1 Å². The molecule has 3 aromatic rings. The Morgan fingerprint density at radius 3 is 2.67 bits per heavy atom. The van der Waals surface area contributed by atoms with Crippen molar-refractivity contribution < 1.29 is 4.79 Å². The normalized spacial score (nSPS) is 10.8. The topological polar surface area (TPSA) is 112 Å². The summed E-state index contributed by atoms with van der Waals surface area (Å²) in [6.07, 6.45) is 0. The molecule has 0 aromatic carbocycles. The molecule has 0 saturated carbocycles. The zero-order chi connectivity index (χ0) is 17.3. The number of anilines is 1. The van der Waals surface area contributed by atoms with E-state index in [1.807, 2.05) is 32.3 Å². The van der Waals surface area contributed by atoms with E-state index in [0.29, 0.717) is 17.2 Å². The average Bonchev–Trinajstić information content (AvgIpc) is 3.09. The number of hydrogen-bond donors (Lipinski definition) is 2. The first kappa shape index (κ1) is 16.1. The Morgan fingerprint density at radius 1 is 1.25 bits per heavy atom. The molecule has 0 aliphatic carbocycles. The monoisotopic (exact) mass is 343 g/mol. The molecule has 3 N–H and O–H groups in total. The summed E-state index contributed by atoms with van der Waals surface area (Å²) in [5.74, 6) is -0.278. The lowest BCUT2D eigenvalue weighted by Crippen LogP contribution is -2.25. The van der Waals surface area contributed by atoms with Gasteiger partial charge in [-0.25, -0.2) is 15.0 Å².